The highest BCUT2D eigenvalue weighted by atomic mass is 16.6. The van der Waals surface area contributed by atoms with Crippen LogP contribution in [-0.2, 0) is 6.54 Å². The van der Waals surface area contributed by atoms with E-state index in [0.717, 1.165) is 11.1 Å². The lowest BCUT2D eigenvalue weighted by atomic mass is 10.1. The van der Waals surface area contributed by atoms with Gasteiger partial charge < -0.3 is 5.11 Å². The van der Waals surface area contributed by atoms with E-state index in [-0.39, 0.29) is 11.4 Å². The average Bonchev–Trinajstić information content (AvgIpc) is 2.42. The van der Waals surface area contributed by atoms with Crippen molar-refractivity contribution < 1.29 is 10.0 Å². The Labute approximate surface area is 116 Å². The number of non-ortho nitro benzene ring substituents is 1. The molecule has 0 aromatic heterocycles. The topological polar surface area (TPSA) is 75.7 Å². The zero-order valence-corrected chi connectivity index (χ0v) is 11.0. The second kappa shape index (κ2) is 5.97. The molecule has 0 bridgehead atoms. The number of hydrogen-bond donors (Lipinski definition) is 1. The van der Waals surface area contributed by atoms with E-state index in [0.29, 0.717) is 12.1 Å². The number of phenolic OH excluding ortho intramolecular Hbond substituents is 1. The lowest BCUT2D eigenvalue weighted by Gasteiger charge is -2.02. The van der Waals surface area contributed by atoms with Crippen molar-refractivity contribution in [2.45, 2.75) is 13.5 Å². The maximum absolute atomic E-state index is 10.7. The molecule has 1 N–H and O–H groups in total. The Bertz CT molecular complexity index is 666. The summed E-state index contributed by atoms with van der Waals surface area (Å²) in [6.45, 7) is 2.46. The summed E-state index contributed by atoms with van der Waals surface area (Å²) < 4.78 is 0. The smallest absolute Gasteiger partial charge is 0.270 e. The van der Waals surface area contributed by atoms with E-state index in [4.69, 9.17) is 0 Å². The van der Waals surface area contributed by atoms with Gasteiger partial charge in [0, 0.05) is 23.9 Å². The number of aliphatic imine (C=N–C) groups is 1. The fourth-order valence-corrected chi connectivity index (χ4v) is 1.79. The number of nitro benzene ring substituents is 1. The molecule has 0 fully saturated rings. The summed E-state index contributed by atoms with van der Waals surface area (Å²) in [5, 5.41) is 20.3. The number of hydrogen-bond acceptors (Lipinski definition) is 4. The number of nitrogens with zero attached hydrogens (tertiary/aromatic N) is 2. The lowest BCUT2D eigenvalue weighted by Crippen LogP contribution is -1.91. The van der Waals surface area contributed by atoms with Crippen LogP contribution in [0.4, 0.5) is 5.69 Å². The van der Waals surface area contributed by atoms with Crippen LogP contribution in [0.2, 0.25) is 0 Å². The minimum absolute atomic E-state index is 0.0240. The quantitative estimate of drug-likeness (QED) is 0.526. The van der Waals surface area contributed by atoms with Crippen LogP contribution in [0.3, 0.4) is 0 Å². The number of phenols is 1. The van der Waals surface area contributed by atoms with Gasteiger partial charge >= 0.3 is 0 Å². The van der Waals surface area contributed by atoms with Crippen LogP contribution in [-0.4, -0.2) is 16.2 Å². The summed E-state index contributed by atoms with van der Waals surface area (Å²) in [7, 11) is 0. The Balaban J connectivity index is 2.17. The largest absolute Gasteiger partial charge is 0.507 e. The van der Waals surface area contributed by atoms with E-state index in [1.807, 2.05) is 31.2 Å². The molecule has 0 atom stereocenters. The van der Waals surface area contributed by atoms with Crippen molar-refractivity contribution >= 4 is 11.9 Å². The molecule has 0 spiro atoms. The van der Waals surface area contributed by atoms with Crippen molar-refractivity contribution in [3.8, 4) is 5.75 Å². The maximum atomic E-state index is 10.7. The first-order valence-corrected chi connectivity index (χ1v) is 6.09. The Morgan fingerprint density at radius 1 is 1.30 bits per heavy atom. The van der Waals surface area contributed by atoms with Crippen LogP contribution >= 0.6 is 0 Å². The molecule has 0 aliphatic carbocycles. The molecule has 0 saturated carbocycles. The van der Waals surface area contributed by atoms with Crippen LogP contribution in [0.5, 0.6) is 5.75 Å². The van der Waals surface area contributed by atoms with E-state index in [1.54, 1.807) is 0 Å². The predicted octanol–water partition coefficient (Wildman–Crippen LogP) is 3.23. The first-order valence-electron chi connectivity index (χ1n) is 6.09. The molecule has 2 aromatic carbocycles. The van der Waals surface area contributed by atoms with Gasteiger partial charge in [-0.1, -0.05) is 24.3 Å². The molecule has 0 amide bonds. The second-order valence-corrected chi connectivity index (χ2v) is 4.40. The van der Waals surface area contributed by atoms with Crippen molar-refractivity contribution in [3.05, 3.63) is 69.3 Å². The number of benzene rings is 2. The normalized spacial score (nSPS) is 10.8. The van der Waals surface area contributed by atoms with Crippen molar-refractivity contribution in [3.63, 3.8) is 0 Å². The first kappa shape index (κ1) is 13.7. The SMILES string of the molecule is Cc1ccccc1CN=Cc1cc([N+](=O)[O-])ccc1O. The third kappa shape index (κ3) is 3.20. The van der Waals surface area contributed by atoms with Crippen molar-refractivity contribution in [1.82, 2.24) is 0 Å². The van der Waals surface area contributed by atoms with Gasteiger partial charge in [0.1, 0.15) is 5.75 Å². The molecule has 0 unspecified atom stereocenters. The Hall–Kier alpha value is -2.69. The molecule has 2 aromatic rings. The summed E-state index contributed by atoms with van der Waals surface area (Å²) in [5.74, 6) is -0.0240. The van der Waals surface area contributed by atoms with Crippen LogP contribution in [0.15, 0.2) is 47.5 Å². The van der Waals surface area contributed by atoms with Crippen molar-refractivity contribution in [2.75, 3.05) is 0 Å². The Morgan fingerprint density at radius 2 is 2.05 bits per heavy atom. The molecule has 2 rings (SSSR count). The summed E-state index contributed by atoms with van der Waals surface area (Å²) >= 11 is 0. The van der Waals surface area contributed by atoms with Gasteiger partial charge in [0.05, 0.1) is 11.5 Å². The van der Waals surface area contributed by atoms with Crippen LogP contribution < -0.4 is 0 Å². The van der Waals surface area contributed by atoms with Gasteiger partial charge in [0.2, 0.25) is 0 Å². The predicted molar refractivity (Wildman–Crippen MR) is 77.2 cm³/mol. The zero-order chi connectivity index (χ0) is 14.5. The standard InChI is InChI=1S/C15H14N2O3/c1-11-4-2-3-5-12(11)9-16-10-13-8-14(17(19)20)6-7-15(13)18/h2-8,10,18H,9H2,1H3. The molecule has 0 aliphatic heterocycles. The van der Waals surface area contributed by atoms with E-state index in [2.05, 4.69) is 4.99 Å². The highest BCUT2D eigenvalue weighted by Gasteiger charge is 2.08. The fraction of sp³-hybridized carbons (Fsp3) is 0.133. The minimum atomic E-state index is -0.502. The van der Waals surface area contributed by atoms with Gasteiger partial charge in [-0.2, -0.15) is 0 Å². The summed E-state index contributed by atoms with van der Waals surface area (Å²) in [5.41, 5.74) is 2.48. The number of rotatable bonds is 4. The van der Waals surface area contributed by atoms with Crippen LogP contribution in [0, 0.1) is 17.0 Å². The van der Waals surface area contributed by atoms with Gasteiger partial charge in [-0.3, -0.25) is 15.1 Å². The molecule has 0 heterocycles. The Morgan fingerprint density at radius 3 is 2.75 bits per heavy atom. The molecule has 0 aliphatic rings. The van der Waals surface area contributed by atoms with Crippen molar-refractivity contribution in [2.24, 2.45) is 4.99 Å². The monoisotopic (exact) mass is 270 g/mol. The molecule has 5 nitrogen and oxygen atoms in total. The van der Waals surface area contributed by atoms with Gasteiger partial charge in [-0.05, 0) is 24.1 Å². The average molecular weight is 270 g/mol. The molecule has 102 valence electrons. The summed E-state index contributed by atoms with van der Waals surface area (Å²) in [6.07, 6.45) is 1.45. The molecule has 0 radical (unpaired) electrons. The summed E-state index contributed by atoms with van der Waals surface area (Å²) in [6, 6.07) is 11.7. The van der Waals surface area contributed by atoms with Gasteiger partial charge in [0.25, 0.3) is 5.69 Å². The number of aryl methyl sites for hydroxylation is 1. The fourth-order valence-electron chi connectivity index (χ4n) is 1.79. The van der Waals surface area contributed by atoms with E-state index >= 15 is 0 Å². The van der Waals surface area contributed by atoms with Gasteiger partial charge in [0.15, 0.2) is 0 Å². The molecule has 0 saturated heterocycles. The second-order valence-electron chi connectivity index (χ2n) is 4.40. The van der Waals surface area contributed by atoms with Gasteiger partial charge in [-0.25, -0.2) is 0 Å². The van der Waals surface area contributed by atoms with E-state index < -0.39 is 4.92 Å². The molecule has 5 heteroatoms. The van der Waals surface area contributed by atoms with Crippen LogP contribution in [0.25, 0.3) is 0 Å². The number of nitro groups is 1. The minimum Gasteiger partial charge on any atom is -0.507 e. The zero-order valence-electron chi connectivity index (χ0n) is 11.0. The number of aromatic hydroxyl groups is 1. The van der Waals surface area contributed by atoms with Crippen molar-refractivity contribution in [1.29, 1.82) is 0 Å². The lowest BCUT2D eigenvalue weighted by molar-refractivity contribution is -0.384. The van der Waals surface area contributed by atoms with E-state index in [1.165, 1.54) is 24.4 Å². The third-order valence-corrected chi connectivity index (χ3v) is 2.98. The van der Waals surface area contributed by atoms with Crippen LogP contribution in [0.1, 0.15) is 16.7 Å². The molecule has 20 heavy (non-hydrogen) atoms. The maximum Gasteiger partial charge on any atom is 0.270 e. The van der Waals surface area contributed by atoms with E-state index in [9.17, 15) is 15.2 Å². The highest BCUT2D eigenvalue weighted by molar-refractivity contribution is 5.84. The Kier molecular flexibility index (Phi) is 4.10. The summed E-state index contributed by atoms with van der Waals surface area (Å²) in [4.78, 5) is 14.4. The first-order chi connectivity index (χ1) is 9.58. The van der Waals surface area contributed by atoms with Gasteiger partial charge in [-0.15, -0.1) is 0 Å². The molecular weight excluding hydrogens is 256 g/mol. The third-order valence-electron chi connectivity index (χ3n) is 2.98. The highest BCUT2D eigenvalue weighted by Crippen LogP contribution is 2.21. The molecular formula is C15H14N2O3.